The Morgan fingerprint density at radius 1 is 1.36 bits per heavy atom. The van der Waals surface area contributed by atoms with Crippen LogP contribution >= 0.6 is 0 Å². The Morgan fingerprint density at radius 3 is 2.93 bits per heavy atom. The summed E-state index contributed by atoms with van der Waals surface area (Å²) in [5.74, 6) is 0. The van der Waals surface area contributed by atoms with Crippen LogP contribution in [0.25, 0.3) is 0 Å². The van der Waals surface area contributed by atoms with Crippen molar-refractivity contribution in [1.82, 2.24) is 4.98 Å². The van der Waals surface area contributed by atoms with E-state index in [0.29, 0.717) is 0 Å². The molecule has 2 nitrogen and oxygen atoms in total. The minimum absolute atomic E-state index is 0.166. The third-order valence-corrected chi connectivity index (χ3v) is 9.42. The van der Waals surface area contributed by atoms with E-state index in [1.54, 1.807) is 0 Å². The van der Waals surface area contributed by atoms with E-state index < -0.39 is 8.48 Å². The molecule has 0 aromatic heterocycles. The maximum atomic E-state index is 5.61. The van der Waals surface area contributed by atoms with E-state index in [1.165, 1.54) is 18.0 Å². The largest absolute Gasteiger partial charge is 0.426 e. The van der Waals surface area contributed by atoms with Crippen LogP contribution < -0.4 is 4.98 Å². The molecule has 1 atom stereocenters. The van der Waals surface area contributed by atoms with E-state index in [4.69, 9.17) is 4.43 Å². The first-order chi connectivity index (χ1) is 6.95. The summed E-state index contributed by atoms with van der Waals surface area (Å²) in [5, 5.41) is 0. The lowest BCUT2D eigenvalue weighted by Crippen LogP contribution is -2.43. The highest BCUT2D eigenvalue weighted by Gasteiger charge is 2.15. The zero-order valence-corrected chi connectivity index (χ0v) is 11.0. The molecule has 0 saturated carbocycles. The molecule has 1 aliphatic heterocycles. The van der Waals surface area contributed by atoms with E-state index >= 15 is 0 Å². The highest BCUT2D eigenvalue weighted by Crippen LogP contribution is 2.04. The Hall–Kier alpha value is -0.426. The Morgan fingerprint density at radius 2 is 2.21 bits per heavy atom. The quantitative estimate of drug-likeness (QED) is 0.754. The number of rotatable bonds is 3. The molecule has 76 valence electrons. The van der Waals surface area contributed by atoms with Crippen LogP contribution in [0.3, 0.4) is 0 Å². The number of nitrogens with one attached hydrogen (secondary N) is 1. The van der Waals surface area contributed by atoms with Gasteiger partial charge in [-0.15, -0.1) is 0 Å². The van der Waals surface area contributed by atoms with Gasteiger partial charge in [-0.05, 0) is 18.0 Å². The van der Waals surface area contributed by atoms with Crippen LogP contribution in [0.2, 0.25) is 6.04 Å². The first-order valence-electron chi connectivity index (χ1n) is 5.30. The molecular formula is C10H17NOSi2. The van der Waals surface area contributed by atoms with Crippen LogP contribution in [0.1, 0.15) is 12.0 Å². The van der Waals surface area contributed by atoms with E-state index in [9.17, 15) is 0 Å². The fourth-order valence-corrected chi connectivity index (χ4v) is 7.59. The maximum absolute atomic E-state index is 5.61. The van der Waals surface area contributed by atoms with Crippen molar-refractivity contribution in [2.24, 2.45) is 0 Å². The molecule has 0 amide bonds. The van der Waals surface area contributed by atoms with Gasteiger partial charge in [-0.3, -0.25) is 0 Å². The van der Waals surface area contributed by atoms with Crippen LogP contribution in [-0.4, -0.2) is 24.4 Å². The predicted molar refractivity (Wildman–Crippen MR) is 64.4 cm³/mol. The average molecular weight is 223 g/mol. The van der Waals surface area contributed by atoms with E-state index in [-0.39, 0.29) is 9.28 Å². The minimum atomic E-state index is -0.629. The predicted octanol–water partition coefficient (Wildman–Crippen LogP) is 0.501. The van der Waals surface area contributed by atoms with Crippen LogP contribution in [0, 0.1) is 0 Å². The van der Waals surface area contributed by atoms with Crippen molar-refractivity contribution in [2.45, 2.75) is 19.0 Å². The van der Waals surface area contributed by atoms with E-state index in [1.807, 2.05) is 0 Å². The van der Waals surface area contributed by atoms with Gasteiger partial charge in [-0.25, -0.2) is 0 Å². The normalized spacial score (nSPS) is 23.9. The summed E-state index contributed by atoms with van der Waals surface area (Å²) in [4.78, 5) is 3.71. The molecule has 2 rings (SSSR count). The molecule has 0 radical (unpaired) electrons. The molecule has 1 saturated heterocycles. The Labute approximate surface area is 89.1 Å². The summed E-state index contributed by atoms with van der Waals surface area (Å²) >= 11 is 0. The first-order valence-corrected chi connectivity index (χ1v) is 10.5. The second kappa shape index (κ2) is 5.45. The molecular weight excluding hydrogens is 206 g/mol. The number of hydrogen-bond donors (Lipinski definition) is 1. The van der Waals surface area contributed by atoms with E-state index in [0.717, 1.165) is 13.2 Å². The Bertz CT molecular complexity index is 262. The summed E-state index contributed by atoms with van der Waals surface area (Å²) in [6.07, 6.45) is 1.28. The molecule has 1 heterocycles. The molecule has 1 N–H and O–H groups in total. The minimum Gasteiger partial charge on any atom is -0.426 e. The van der Waals surface area contributed by atoms with Crippen molar-refractivity contribution < 1.29 is 4.43 Å². The SMILES string of the molecule is c1ccc(CN[SiH]2CCCO[SiH2]2)cc1. The number of benzene rings is 1. The van der Waals surface area contributed by atoms with Gasteiger partial charge in [0, 0.05) is 13.2 Å². The topological polar surface area (TPSA) is 21.3 Å². The molecule has 1 aliphatic rings. The molecule has 14 heavy (non-hydrogen) atoms. The van der Waals surface area contributed by atoms with Gasteiger partial charge in [0.05, 0.1) is 0 Å². The van der Waals surface area contributed by atoms with Crippen molar-refractivity contribution >= 4 is 17.8 Å². The van der Waals surface area contributed by atoms with Crippen molar-refractivity contribution in [3.05, 3.63) is 35.9 Å². The molecule has 0 aliphatic carbocycles. The first kappa shape index (κ1) is 10.1. The van der Waals surface area contributed by atoms with Gasteiger partial charge >= 0.3 is 0 Å². The smallest absolute Gasteiger partial charge is 0.164 e. The van der Waals surface area contributed by atoms with Crippen molar-refractivity contribution in [3.63, 3.8) is 0 Å². The summed E-state index contributed by atoms with van der Waals surface area (Å²) in [6.45, 7) is 2.08. The van der Waals surface area contributed by atoms with Crippen LogP contribution in [-0.2, 0) is 11.0 Å². The lowest BCUT2D eigenvalue weighted by atomic mass is 10.2. The summed E-state index contributed by atoms with van der Waals surface area (Å²) in [6, 6.07) is 12.1. The monoisotopic (exact) mass is 223 g/mol. The molecule has 1 aromatic carbocycles. The Kier molecular flexibility index (Phi) is 3.94. The standard InChI is InChI=1S/C10H17NOSi2/c1-2-5-10(6-3-1)9-11-14-8-4-7-12-13-14/h1-3,5-6,11,14H,4,7-9,13H2. The lowest BCUT2D eigenvalue weighted by Gasteiger charge is -2.21. The average Bonchev–Trinajstić information content (AvgIpc) is 2.29. The molecule has 1 aromatic rings. The van der Waals surface area contributed by atoms with Crippen LogP contribution in [0.15, 0.2) is 30.3 Å². The van der Waals surface area contributed by atoms with Crippen LogP contribution in [0.5, 0.6) is 0 Å². The second-order valence-corrected chi connectivity index (χ2v) is 10.9. The van der Waals surface area contributed by atoms with Gasteiger partial charge in [0.2, 0.25) is 0 Å². The van der Waals surface area contributed by atoms with Gasteiger partial charge in [-0.1, -0.05) is 30.3 Å². The van der Waals surface area contributed by atoms with Gasteiger partial charge < -0.3 is 9.41 Å². The zero-order chi connectivity index (χ0) is 9.64. The molecule has 4 heteroatoms. The molecule has 0 spiro atoms. The highest BCUT2D eigenvalue weighted by molar-refractivity contribution is 7.08. The molecule has 1 fully saturated rings. The van der Waals surface area contributed by atoms with Crippen molar-refractivity contribution in [3.8, 4) is 0 Å². The van der Waals surface area contributed by atoms with Gasteiger partial charge in [-0.2, -0.15) is 0 Å². The summed E-state index contributed by atoms with van der Waals surface area (Å²) < 4.78 is 5.61. The van der Waals surface area contributed by atoms with E-state index in [2.05, 4.69) is 35.3 Å². The second-order valence-electron chi connectivity index (χ2n) is 3.78. The third kappa shape index (κ3) is 3.06. The number of hydrogen-bond acceptors (Lipinski definition) is 2. The maximum Gasteiger partial charge on any atom is 0.164 e. The molecule has 0 bridgehead atoms. The summed E-state index contributed by atoms with van der Waals surface area (Å²) in [5.41, 5.74) is 1.40. The Balaban J connectivity index is 1.76. The fourth-order valence-electron chi connectivity index (χ4n) is 1.76. The lowest BCUT2D eigenvalue weighted by molar-refractivity contribution is 0.334. The van der Waals surface area contributed by atoms with Gasteiger partial charge in [0.25, 0.3) is 0 Å². The fraction of sp³-hybridized carbons (Fsp3) is 0.400. The van der Waals surface area contributed by atoms with Crippen LogP contribution in [0.4, 0.5) is 0 Å². The third-order valence-electron chi connectivity index (χ3n) is 2.60. The van der Waals surface area contributed by atoms with Crippen molar-refractivity contribution in [1.29, 1.82) is 0 Å². The molecule has 1 unspecified atom stereocenters. The highest BCUT2D eigenvalue weighted by atomic mass is 29.2. The summed E-state index contributed by atoms with van der Waals surface area (Å²) in [7, 11) is -0.795. The van der Waals surface area contributed by atoms with Gasteiger partial charge in [0.15, 0.2) is 9.28 Å². The zero-order valence-electron chi connectivity index (χ0n) is 8.41. The van der Waals surface area contributed by atoms with Gasteiger partial charge in [0.1, 0.15) is 8.48 Å². The van der Waals surface area contributed by atoms with Crippen molar-refractivity contribution in [2.75, 3.05) is 6.61 Å².